The fraction of sp³-hybridized carbons (Fsp3) is 0.333. The predicted molar refractivity (Wildman–Crippen MR) is 111 cm³/mol. The van der Waals surface area contributed by atoms with Gasteiger partial charge in [0, 0.05) is 29.7 Å². The largest absolute Gasteiger partial charge is 0.396 e. The maximum atomic E-state index is 13.0. The molecule has 0 aliphatic heterocycles. The first-order chi connectivity index (χ1) is 13.4. The third kappa shape index (κ3) is 6.82. The van der Waals surface area contributed by atoms with Crippen molar-refractivity contribution in [3.63, 3.8) is 0 Å². The average molecular weight is 423 g/mol. The van der Waals surface area contributed by atoms with E-state index in [1.165, 1.54) is 0 Å². The monoisotopic (exact) mass is 422 g/mol. The second-order valence-corrected chi connectivity index (χ2v) is 7.37. The minimum atomic E-state index is -0.658. The van der Waals surface area contributed by atoms with Gasteiger partial charge in [-0.15, -0.1) is 0 Å². The summed E-state index contributed by atoms with van der Waals surface area (Å²) in [7, 11) is 0. The SMILES string of the molecule is C[C@@H](C(=O)NCCCO)N(Cc1ccc(Cl)cc1)C(=O)Cc1ccc(Cl)cc1. The Hall–Kier alpha value is -2.08. The van der Waals surface area contributed by atoms with Gasteiger partial charge in [-0.05, 0) is 48.7 Å². The molecule has 1 atom stereocenters. The highest BCUT2D eigenvalue weighted by molar-refractivity contribution is 6.30. The Labute approximate surface area is 175 Å². The molecule has 2 N–H and O–H groups in total. The number of aliphatic hydroxyl groups excluding tert-OH is 1. The summed E-state index contributed by atoms with van der Waals surface area (Å²) >= 11 is 11.8. The minimum absolute atomic E-state index is 0.00134. The van der Waals surface area contributed by atoms with E-state index in [2.05, 4.69) is 5.32 Å². The standard InChI is InChI=1S/C21H24Cl2N2O3/c1-15(21(28)24-11-2-12-26)25(14-17-5-9-19(23)10-6-17)20(27)13-16-3-7-18(22)8-4-16/h3-10,15,26H,2,11-14H2,1H3,(H,24,28)/t15-/m0/s1. The summed E-state index contributed by atoms with van der Waals surface area (Å²) in [5.41, 5.74) is 1.70. The first-order valence-corrected chi connectivity index (χ1v) is 9.83. The molecule has 2 aromatic carbocycles. The van der Waals surface area contributed by atoms with Crippen molar-refractivity contribution < 1.29 is 14.7 Å². The van der Waals surface area contributed by atoms with Crippen LogP contribution >= 0.6 is 23.2 Å². The van der Waals surface area contributed by atoms with E-state index in [1.807, 2.05) is 12.1 Å². The zero-order valence-electron chi connectivity index (χ0n) is 15.7. The second-order valence-electron chi connectivity index (χ2n) is 6.50. The van der Waals surface area contributed by atoms with Crippen LogP contribution in [0.25, 0.3) is 0 Å². The molecule has 0 aromatic heterocycles. The number of carbonyl (C=O) groups excluding carboxylic acids is 2. The molecule has 0 spiro atoms. The van der Waals surface area contributed by atoms with Gasteiger partial charge >= 0.3 is 0 Å². The zero-order chi connectivity index (χ0) is 20.5. The highest BCUT2D eigenvalue weighted by Crippen LogP contribution is 2.16. The van der Waals surface area contributed by atoms with Gasteiger partial charge in [-0.25, -0.2) is 0 Å². The third-order valence-corrected chi connectivity index (χ3v) is 4.84. The van der Waals surface area contributed by atoms with E-state index >= 15 is 0 Å². The van der Waals surface area contributed by atoms with Gasteiger partial charge in [-0.1, -0.05) is 47.5 Å². The van der Waals surface area contributed by atoms with Gasteiger partial charge in [0.25, 0.3) is 0 Å². The number of rotatable bonds is 9. The molecule has 2 rings (SSSR count). The van der Waals surface area contributed by atoms with E-state index in [9.17, 15) is 9.59 Å². The summed E-state index contributed by atoms with van der Waals surface area (Å²) in [6.45, 7) is 2.35. The Morgan fingerprint density at radius 3 is 2.07 bits per heavy atom. The molecule has 0 radical (unpaired) electrons. The molecule has 0 fully saturated rings. The van der Waals surface area contributed by atoms with Crippen molar-refractivity contribution in [2.45, 2.75) is 32.4 Å². The van der Waals surface area contributed by atoms with Crippen LogP contribution in [0.15, 0.2) is 48.5 Å². The van der Waals surface area contributed by atoms with E-state index in [0.29, 0.717) is 23.0 Å². The van der Waals surface area contributed by atoms with Crippen LogP contribution in [0.5, 0.6) is 0 Å². The van der Waals surface area contributed by atoms with Crippen LogP contribution in [0.4, 0.5) is 0 Å². The second kappa shape index (κ2) is 11.1. The summed E-state index contributed by atoms with van der Waals surface area (Å²) in [6, 6.07) is 13.6. The van der Waals surface area contributed by atoms with Crippen molar-refractivity contribution in [2.24, 2.45) is 0 Å². The number of carbonyl (C=O) groups is 2. The maximum absolute atomic E-state index is 13.0. The predicted octanol–water partition coefficient (Wildman–Crippen LogP) is 3.45. The van der Waals surface area contributed by atoms with E-state index in [0.717, 1.165) is 11.1 Å². The Morgan fingerprint density at radius 1 is 1.00 bits per heavy atom. The number of halogens is 2. The maximum Gasteiger partial charge on any atom is 0.242 e. The molecule has 0 aliphatic carbocycles. The number of benzene rings is 2. The summed E-state index contributed by atoms with van der Waals surface area (Å²) in [5.74, 6) is -0.422. The fourth-order valence-electron chi connectivity index (χ4n) is 2.69. The van der Waals surface area contributed by atoms with Crippen LogP contribution in [0.2, 0.25) is 10.0 Å². The van der Waals surface area contributed by atoms with E-state index in [-0.39, 0.29) is 31.4 Å². The van der Waals surface area contributed by atoms with E-state index in [4.69, 9.17) is 28.3 Å². The first kappa shape index (κ1) is 22.2. The van der Waals surface area contributed by atoms with Crippen molar-refractivity contribution in [1.82, 2.24) is 10.2 Å². The molecule has 0 unspecified atom stereocenters. The molecular weight excluding hydrogens is 399 g/mol. The van der Waals surface area contributed by atoms with Crippen molar-refractivity contribution in [2.75, 3.05) is 13.2 Å². The van der Waals surface area contributed by atoms with Crippen LogP contribution < -0.4 is 5.32 Å². The summed E-state index contributed by atoms with van der Waals surface area (Å²) in [4.78, 5) is 27.0. The van der Waals surface area contributed by atoms with Gasteiger partial charge in [0.1, 0.15) is 6.04 Å². The van der Waals surface area contributed by atoms with Gasteiger partial charge in [-0.2, -0.15) is 0 Å². The third-order valence-electron chi connectivity index (χ3n) is 4.34. The molecule has 150 valence electrons. The lowest BCUT2D eigenvalue weighted by molar-refractivity contribution is -0.140. The van der Waals surface area contributed by atoms with Crippen LogP contribution in [0.3, 0.4) is 0 Å². The molecule has 5 nitrogen and oxygen atoms in total. The minimum Gasteiger partial charge on any atom is -0.396 e. The van der Waals surface area contributed by atoms with Crippen LogP contribution in [-0.2, 0) is 22.6 Å². The molecular formula is C21H24Cl2N2O3. The van der Waals surface area contributed by atoms with Crippen molar-refractivity contribution in [3.8, 4) is 0 Å². The highest BCUT2D eigenvalue weighted by atomic mass is 35.5. The van der Waals surface area contributed by atoms with Crippen LogP contribution in [0, 0.1) is 0 Å². The van der Waals surface area contributed by atoms with Gasteiger partial charge < -0.3 is 15.3 Å². The topological polar surface area (TPSA) is 69.6 Å². The lowest BCUT2D eigenvalue weighted by Crippen LogP contribution is -2.48. The fourth-order valence-corrected chi connectivity index (χ4v) is 2.94. The molecule has 0 saturated carbocycles. The smallest absolute Gasteiger partial charge is 0.242 e. The number of amides is 2. The van der Waals surface area contributed by atoms with Gasteiger partial charge in [0.05, 0.1) is 6.42 Å². The van der Waals surface area contributed by atoms with E-state index < -0.39 is 6.04 Å². The van der Waals surface area contributed by atoms with Gasteiger partial charge in [0.15, 0.2) is 0 Å². The molecule has 0 bridgehead atoms. The van der Waals surface area contributed by atoms with Crippen molar-refractivity contribution >= 4 is 35.0 Å². The average Bonchev–Trinajstić information content (AvgIpc) is 2.68. The number of nitrogens with one attached hydrogen (secondary N) is 1. The summed E-state index contributed by atoms with van der Waals surface area (Å²) in [5, 5.41) is 12.8. The first-order valence-electron chi connectivity index (χ1n) is 9.07. The number of aliphatic hydroxyl groups is 1. The number of hydrogen-bond acceptors (Lipinski definition) is 3. The van der Waals surface area contributed by atoms with Gasteiger partial charge in [0.2, 0.25) is 11.8 Å². The zero-order valence-corrected chi connectivity index (χ0v) is 17.2. The van der Waals surface area contributed by atoms with E-state index in [1.54, 1.807) is 48.2 Å². The molecule has 2 amide bonds. The molecule has 0 aliphatic rings. The Bertz CT molecular complexity index is 779. The number of hydrogen-bond donors (Lipinski definition) is 2. The molecule has 7 heteroatoms. The van der Waals surface area contributed by atoms with Crippen molar-refractivity contribution in [3.05, 3.63) is 69.7 Å². The van der Waals surface area contributed by atoms with Crippen LogP contribution in [0.1, 0.15) is 24.5 Å². The van der Waals surface area contributed by atoms with Gasteiger partial charge in [-0.3, -0.25) is 9.59 Å². The molecule has 0 heterocycles. The lowest BCUT2D eigenvalue weighted by atomic mass is 10.1. The Morgan fingerprint density at radius 2 is 1.54 bits per heavy atom. The van der Waals surface area contributed by atoms with Crippen LogP contribution in [-0.4, -0.2) is 41.0 Å². The molecule has 0 saturated heterocycles. The quantitative estimate of drug-likeness (QED) is 0.607. The molecule has 28 heavy (non-hydrogen) atoms. The summed E-state index contributed by atoms with van der Waals surface area (Å²) < 4.78 is 0. The lowest BCUT2D eigenvalue weighted by Gasteiger charge is -2.29. The Kier molecular flexibility index (Phi) is 8.77. The number of nitrogens with zero attached hydrogens (tertiary/aromatic N) is 1. The summed E-state index contributed by atoms with van der Waals surface area (Å²) in [6.07, 6.45) is 0.632. The Balaban J connectivity index is 2.15. The molecule has 2 aromatic rings. The normalized spacial score (nSPS) is 11.7. The van der Waals surface area contributed by atoms with Crippen molar-refractivity contribution in [1.29, 1.82) is 0 Å². The highest BCUT2D eigenvalue weighted by Gasteiger charge is 2.26.